The highest BCUT2D eigenvalue weighted by Gasteiger charge is 2.29. The summed E-state index contributed by atoms with van der Waals surface area (Å²) in [7, 11) is 2.95. The first-order chi connectivity index (χ1) is 12.5. The van der Waals surface area contributed by atoms with Crippen LogP contribution in [-0.4, -0.2) is 26.8 Å². The summed E-state index contributed by atoms with van der Waals surface area (Å²) in [6.45, 7) is 1.91. The van der Waals surface area contributed by atoms with Crippen LogP contribution in [-0.2, 0) is 18.8 Å². The highest BCUT2D eigenvalue weighted by molar-refractivity contribution is 7.94. The van der Waals surface area contributed by atoms with Gasteiger partial charge in [-0.15, -0.1) is 0 Å². The van der Waals surface area contributed by atoms with Gasteiger partial charge in [0.1, 0.15) is 18.2 Å². The molecular weight excluding hydrogens is 359 g/mol. The van der Waals surface area contributed by atoms with Crippen LogP contribution in [0.1, 0.15) is 16.7 Å². The van der Waals surface area contributed by atoms with E-state index in [0.717, 1.165) is 17.6 Å². The zero-order chi connectivity index (χ0) is 18.7. The highest BCUT2D eigenvalue weighted by Crippen LogP contribution is 2.36. The molecule has 0 radical (unpaired) electrons. The van der Waals surface area contributed by atoms with E-state index >= 15 is 0 Å². The van der Waals surface area contributed by atoms with Gasteiger partial charge in [-0.3, -0.25) is 0 Å². The molecule has 0 aromatic heterocycles. The van der Waals surface area contributed by atoms with Crippen molar-refractivity contribution in [3.05, 3.63) is 58.9 Å². The van der Waals surface area contributed by atoms with Gasteiger partial charge < -0.3 is 9.47 Å². The standard InChI is InChI=1S/C19H17FO5S/c1-11-8-12(4-7-17(11)22-2)18-15(10-24-19(18)21)14-6-5-13(9-16(14)20)26-25-23-3/h4-9H,10H2,1-3H3. The van der Waals surface area contributed by atoms with Crippen LogP contribution in [0.5, 0.6) is 5.75 Å². The number of halogens is 1. The quantitative estimate of drug-likeness (QED) is 0.326. The minimum Gasteiger partial charge on any atom is -0.496 e. The van der Waals surface area contributed by atoms with E-state index in [1.807, 2.05) is 13.0 Å². The molecule has 5 nitrogen and oxygen atoms in total. The predicted molar refractivity (Wildman–Crippen MR) is 95.9 cm³/mol. The van der Waals surface area contributed by atoms with Gasteiger partial charge >= 0.3 is 5.97 Å². The van der Waals surface area contributed by atoms with Crippen LogP contribution in [0, 0.1) is 12.7 Å². The van der Waals surface area contributed by atoms with E-state index in [2.05, 4.69) is 4.89 Å². The zero-order valence-electron chi connectivity index (χ0n) is 14.5. The van der Waals surface area contributed by atoms with E-state index in [1.165, 1.54) is 13.2 Å². The van der Waals surface area contributed by atoms with E-state index in [0.29, 0.717) is 32.9 Å². The Hall–Kier alpha value is -2.35. The van der Waals surface area contributed by atoms with Crippen molar-refractivity contribution in [2.24, 2.45) is 0 Å². The van der Waals surface area contributed by atoms with Crippen molar-refractivity contribution in [3.63, 3.8) is 0 Å². The third kappa shape index (κ3) is 3.60. The Bertz CT molecular complexity index is 878. The summed E-state index contributed by atoms with van der Waals surface area (Å²) < 4.78 is 29.8. The van der Waals surface area contributed by atoms with E-state index in [9.17, 15) is 9.18 Å². The smallest absolute Gasteiger partial charge is 0.339 e. The topological polar surface area (TPSA) is 54.0 Å². The van der Waals surface area contributed by atoms with Crippen LogP contribution in [0.4, 0.5) is 4.39 Å². The number of methoxy groups -OCH3 is 1. The molecule has 2 aromatic carbocycles. The Kier molecular flexibility index (Phi) is 5.61. The first-order valence-electron chi connectivity index (χ1n) is 7.77. The molecule has 1 aliphatic heterocycles. The van der Waals surface area contributed by atoms with E-state index in [1.54, 1.807) is 31.4 Å². The molecule has 0 spiro atoms. The molecular formula is C19H17FO5S. The molecule has 1 heterocycles. The predicted octanol–water partition coefficient (Wildman–Crippen LogP) is 4.20. The first-order valence-corrected chi connectivity index (χ1v) is 8.52. The van der Waals surface area contributed by atoms with Gasteiger partial charge in [0.2, 0.25) is 0 Å². The van der Waals surface area contributed by atoms with Gasteiger partial charge in [0.05, 0.1) is 31.8 Å². The second-order valence-electron chi connectivity index (χ2n) is 5.57. The Morgan fingerprint density at radius 2 is 1.96 bits per heavy atom. The Morgan fingerprint density at radius 3 is 2.62 bits per heavy atom. The number of cyclic esters (lactones) is 1. The number of hydrogen-bond donors (Lipinski definition) is 0. The Morgan fingerprint density at radius 1 is 1.15 bits per heavy atom. The summed E-state index contributed by atoms with van der Waals surface area (Å²) in [5.74, 6) is -0.219. The SMILES string of the molecule is COOSc1ccc(C2=C(c3ccc(OC)c(C)c3)C(=O)OC2)c(F)c1. The van der Waals surface area contributed by atoms with E-state index < -0.39 is 11.8 Å². The maximum Gasteiger partial charge on any atom is 0.339 e. The lowest BCUT2D eigenvalue weighted by Crippen LogP contribution is -1.99. The average Bonchev–Trinajstić information content (AvgIpc) is 3.01. The van der Waals surface area contributed by atoms with Crippen molar-refractivity contribution < 1.29 is 27.9 Å². The third-order valence-corrected chi connectivity index (χ3v) is 4.65. The van der Waals surface area contributed by atoms with Crippen LogP contribution in [0.3, 0.4) is 0 Å². The summed E-state index contributed by atoms with van der Waals surface area (Å²) in [5, 5.41) is 0. The summed E-state index contributed by atoms with van der Waals surface area (Å²) in [6, 6.07) is 9.99. The molecule has 0 N–H and O–H groups in total. The number of carbonyl (C=O) groups excluding carboxylic acids is 1. The van der Waals surface area contributed by atoms with Crippen molar-refractivity contribution >= 4 is 29.2 Å². The summed E-state index contributed by atoms with van der Waals surface area (Å²) >= 11 is 0.899. The molecule has 0 fully saturated rings. The monoisotopic (exact) mass is 376 g/mol. The normalized spacial score (nSPS) is 13.9. The maximum absolute atomic E-state index is 14.6. The molecule has 0 atom stereocenters. The number of ether oxygens (including phenoxy) is 2. The van der Waals surface area contributed by atoms with Crippen molar-refractivity contribution in [3.8, 4) is 5.75 Å². The largest absolute Gasteiger partial charge is 0.496 e. The van der Waals surface area contributed by atoms with Crippen LogP contribution in [0.25, 0.3) is 11.1 Å². The lowest BCUT2D eigenvalue weighted by molar-refractivity contribution is -0.160. The lowest BCUT2D eigenvalue weighted by atomic mass is 9.95. The van der Waals surface area contributed by atoms with Crippen molar-refractivity contribution in [2.45, 2.75) is 11.8 Å². The molecule has 2 aromatic rings. The summed E-state index contributed by atoms with van der Waals surface area (Å²) in [6.07, 6.45) is 0. The van der Waals surface area contributed by atoms with Crippen molar-refractivity contribution in [1.82, 2.24) is 0 Å². The molecule has 7 heteroatoms. The molecule has 0 aliphatic carbocycles. The number of benzene rings is 2. The summed E-state index contributed by atoms with van der Waals surface area (Å²) in [4.78, 5) is 17.3. The van der Waals surface area contributed by atoms with Gasteiger partial charge in [-0.25, -0.2) is 14.1 Å². The van der Waals surface area contributed by atoms with Crippen LogP contribution < -0.4 is 4.74 Å². The van der Waals surface area contributed by atoms with Crippen LogP contribution in [0.2, 0.25) is 0 Å². The van der Waals surface area contributed by atoms with E-state index in [4.69, 9.17) is 13.8 Å². The van der Waals surface area contributed by atoms with Gasteiger partial charge in [-0.2, -0.15) is 4.33 Å². The minimum atomic E-state index is -0.467. The number of esters is 1. The number of carbonyl (C=O) groups is 1. The highest BCUT2D eigenvalue weighted by atomic mass is 32.2. The number of rotatable bonds is 6. The Balaban J connectivity index is 2.04. The fourth-order valence-electron chi connectivity index (χ4n) is 2.81. The molecule has 136 valence electrons. The molecule has 0 unspecified atom stereocenters. The molecule has 1 aliphatic rings. The van der Waals surface area contributed by atoms with E-state index in [-0.39, 0.29) is 6.61 Å². The van der Waals surface area contributed by atoms with Gasteiger partial charge in [0.25, 0.3) is 0 Å². The fraction of sp³-hybridized carbons (Fsp3) is 0.211. The fourth-order valence-corrected chi connectivity index (χ4v) is 3.23. The number of hydrogen-bond acceptors (Lipinski definition) is 6. The van der Waals surface area contributed by atoms with Crippen molar-refractivity contribution in [2.75, 3.05) is 20.8 Å². The third-order valence-electron chi connectivity index (χ3n) is 4.00. The lowest BCUT2D eigenvalue weighted by Gasteiger charge is -2.10. The van der Waals surface area contributed by atoms with Gasteiger partial charge in [0.15, 0.2) is 0 Å². The molecule has 0 saturated carbocycles. The molecule has 0 saturated heterocycles. The second kappa shape index (κ2) is 7.90. The van der Waals surface area contributed by atoms with Crippen LogP contribution >= 0.6 is 12.0 Å². The minimum absolute atomic E-state index is 0.0250. The maximum atomic E-state index is 14.6. The molecule has 26 heavy (non-hydrogen) atoms. The van der Waals surface area contributed by atoms with Gasteiger partial charge in [0, 0.05) is 16.0 Å². The number of aryl methyl sites for hydroxylation is 1. The van der Waals surface area contributed by atoms with Crippen LogP contribution in [0.15, 0.2) is 41.3 Å². The van der Waals surface area contributed by atoms with Crippen molar-refractivity contribution in [1.29, 1.82) is 0 Å². The average molecular weight is 376 g/mol. The van der Waals surface area contributed by atoms with Gasteiger partial charge in [-0.1, -0.05) is 12.1 Å². The second-order valence-corrected chi connectivity index (χ2v) is 6.35. The zero-order valence-corrected chi connectivity index (χ0v) is 15.3. The van der Waals surface area contributed by atoms with Gasteiger partial charge in [-0.05, 0) is 42.3 Å². The molecule has 0 amide bonds. The first kappa shape index (κ1) is 18.4. The molecule has 3 rings (SSSR count). The Labute approximate surface area is 154 Å². The summed E-state index contributed by atoms with van der Waals surface area (Å²) in [5.41, 5.74) is 2.74. The molecule has 0 bridgehead atoms.